The minimum Gasteiger partial charge on any atom is -0.480 e. The fraction of sp³-hybridized carbons (Fsp3) is 0.222. The van der Waals surface area contributed by atoms with Crippen LogP contribution in [0.2, 0.25) is 0 Å². The quantitative estimate of drug-likeness (QED) is 0.405. The third kappa shape index (κ3) is 7.32. The summed E-state index contributed by atoms with van der Waals surface area (Å²) in [4.78, 5) is 40.8. The number of nitrogens with one attached hydrogen (secondary N) is 2. The third-order valence-electron chi connectivity index (χ3n) is 3.77. The van der Waals surface area contributed by atoms with E-state index in [4.69, 9.17) is 14.9 Å². The minimum absolute atomic E-state index is 0.153. The zero-order valence-electron chi connectivity index (χ0n) is 14.4. The van der Waals surface area contributed by atoms with Gasteiger partial charge in [-0.2, -0.15) is 0 Å². The Kier molecular flexibility index (Phi) is 7.27. The van der Waals surface area contributed by atoms with Crippen LogP contribution in [0.3, 0.4) is 0 Å². The number of carbonyl (C=O) groups is 2. The molecule has 0 spiro atoms. The Morgan fingerprint density at radius 1 is 0.963 bits per heavy atom. The van der Waals surface area contributed by atoms with E-state index in [9.17, 15) is 14.2 Å². The second-order valence-electron chi connectivity index (χ2n) is 5.96. The molecule has 5 N–H and O–H groups in total. The lowest BCUT2D eigenvalue weighted by molar-refractivity contribution is -0.138. The molecular formula is C18H21N2O6P. The number of rotatable bonds is 9. The van der Waals surface area contributed by atoms with Crippen LogP contribution in [0.25, 0.3) is 11.1 Å². The molecule has 0 aliphatic carbocycles. The molecule has 0 unspecified atom stereocenters. The van der Waals surface area contributed by atoms with Crippen molar-refractivity contribution in [3.63, 3.8) is 0 Å². The van der Waals surface area contributed by atoms with Crippen molar-refractivity contribution >= 4 is 19.5 Å². The first-order valence-electron chi connectivity index (χ1n) is 8.16. The predicted octanol–water partition coefficient (Wildman–Crippen LogP) is 1.19. The van der Waals surface area contributed by atoms with E-state index in [0.717, 1.165) is 16.7 Å². The molecule has 0 bridgehead atoms. The van der Waals surface area contributed by atoms with E-state index >= 15 is 0 Å². The molecule has 0 saturated carbocycles. The average Bonchev–Trinajstić information content (AvgIpc) is 2.63. The van der Waals surface area contributed by atoms with Gasteiger partial charge in [0.15, 0.2) is 0 Å². The van der Waals surface area contributed by atoms with Crippen molar-refractivity contribution < 1.29 is 29.0 Å². The van der Waals surface area contributed by atoms with Crippen molar-refractivity contribution in [2.24, 2.45) is 0 Å². The number of hydrogen-bond donors (Lipinski definition) is 5. The van der Waals surface area contributed by atoms with Crippen molar-refractivity contribution in [2.45, 2.75) is 12.5 Å². The molecule has 8 nitrogen and oxygen atoms in total. The summed E-state index contributed by atoms with van der Waals surface area (Å²) in [6.45, 7) is -0.570. The van der Waals surface area contributed by atoms with E-state index in [0.29, 0.717) is 0 Å². The lowest BCUT2D eigenvalue weighted by atomic mass is 10.0. The van der Waals surface area contributed by atoms with Gasteiger partial charge in [-0.3, -0.25) is 19.5 Å². The van der Waals surface area contributed by atoms with Crippen molar-refractivity contribution in [3.8, 4) is 11.1 Å². The van der Waals surface area contributed by atoms with E-state index < -0.39 is 38.3 Å². The van der Waals surface area contributed by atoms with Gasteiger partial charge in [0.05, 0.1) is 12.3 Å². The molecule has 27 heavy (non-hydrogen) atoms. The summed E-state index contributed by atoms with van der Waals surface area (Å²) < 4.78 is 11.1. The first-order valence-corrected chi connectivity index (χ1v) is 9.96. The van der Waals surface area contributed by atoms with Crippen LogP contribution in [0, 0.1) is 0 Å². The molecule has 0 radical (unpaired) electrons. The van der Waals surface area contributed by atoms with Crippen LogP contribution in [-0.2, 0) is 20.6 Å². The molecule has 0 saturated heterocycles. The molecule has 1 atom stereocenters. The number of benzene rings is 2. The maximum Gasteiger partial charge on any atom is 0.339 e. The average molecular weight is 392 g/mol. The number of carboxylic acids is 1. The Labute approximate surface area is 156 Å². The molecule has 0 fully saturated rings. The first kappa shape index (κ1) is 20.8. The topological polar surface area (TPSA) is 136 Å². The zero-order valence-corrected chi connectivity index (χ0v) is 15.3. The molecule has 0 aliphatic rings. The number of carboxylic acid groups (broad SMARTS) is 1. The van der Waals surface area contributed by atoms with Gasteiger partial charge in [0.25, 0.3) is 0 Å². The first-order chi connectivity index (χ1) is 12.7. The second-order valence-corrected chi connectivity index (χ2v) is 7.60. The molecule has 2 rings (SSSR count). The van der Waals surface area contributed by atoms with Gasteiger partial charge in [0, 0.05) is 0 Å². The van der Waals surface area contributed by atoms with Gasteiger partial charge in [-0.15, -0.1) is 0 Å². The van der Waals surface area contributed by atoms with E-state index in [2.05, 4.69) is 10.6 Å². The van der Waals surface area contributed by atoms with Crippen LogP contribution in [0.5, 0.6) is 0 Å². The Morgan fingerprint density at radius 2 is 1.56 bits per heavy atom. The van der Waals surface area contributed by atoms with Crippen molar-refractivity contribution in [3.05, 3.63) is 60.2 Å². The standard InChI is InChI=1S/C18H21N2O6P/c21-17(22)11-19-18(23)16(20-12-27(24,25)26)10-13-6-8-15(9-7-13)14-4-2-1-3-5-14/h1-9,16,20H,10-12H2,(H,19,23)(H,21,22)(H2,24,25,26)/t16-/m1/s1. The van der Waals surface area contributed by atoms with E-state index in [1.807, 2.05) is 54.6 Å². The molecule has 144 valence electrons. The van der Waals surface area contributed by atoms with Gasteiger partial charge in [-0.25, -0.2) is 0 Å². The van der Waals surface area contributed by atoms with Crippen LogP contribution in [0.1, 0.15) is 5.56 Å². The normalized spacial score (nSPS) is 12.4. The van der Waals surface area contributed by atoms with E-state index in [-0.39, 0.29) is 6.42 Å². The fourth-order valence-corrected chi connectivity index (χ4v) is 2.93. The summed E-state index contributed by atoms with van der Waals surface area (Å²) in [6, 6.07) is 16.2. The number of amides is 1. The number of hydrogen-bond acceptors (Lipinski definition) is 4. The highest BCUT2D eigenvalue weighted by atomic mass is 31.2. The predicted molar refractivity (Wildman–Crippen MR) is 100 cm³/mol. The molecule has 0 aliphatic heterocycles. The number of carbonyl (C=O) groups excluding carboxylic acids is 1. The van der Waals surface area contributed by atoms with Gasteiger partial charge in [0.2, 0.25) is 5.91 Å². The minimum atomic E-state index is -4.36. The zero-order chi connectivity index (χ0) is 19.9. The van der Waals surface area contributed by atoms with Gasteiger partial charge >= 0.3 is 13.6 Å². The molecule has 9 heteroatoms. The SMILES string of the molecule is O=C(O)CNC(=O)[C@@H](Cc1ccc(-c2ccccc2)cc1)NCP(=O)(O)O. The molecule has 0 heterocycles. The highest BCUT2D eigenvalue weighted by Gasteiger charge is 2.23. The van der Waals surface area contributed by atoms with Crippen LogP contribution in [0.4, 0.5) is 0 Å². The fourth-order valence-electron chi connectivity index (χ4n) is 2.47. The van der Waals surface area contributed by atoms with Gasteiger partial charge in [0.1, 0.15) is 6.54 Å². The summed E-state index contributed by atoms with van der Waals surface area (Å²) >= 11 is 0. The third-order valence-corrected chi connectivity index (χ3v) is 4.37. The highest BCUT2D eigenvalue weighted by molar-refractivity contribution is 7.51. The van der Waals surface area contributed by atoms with Crippen LogP contribution in [-0.4, -0.2) is 45.6 Å². The second kappa shape index (κ2) is 9.43. The molecule has 2 aromatic rings. The largest absolute Gasteiger partial charge is 0.480 e. The maximum absolute atomic E-state index is 12.2. The van der Waals surface area contributed by atoms with Crippen LogP contribution < -0.4 is 10.6 Å². The van der Waals surface area contributed by atoms with Gasteiger partial charge in [-0.05, 0) is 23.1 Å². The Morgan fingerprint density at radius 3 is 2.11 bits per heavy atom. The molecule has 1 amide bonds. The summed E-state index contributed by atoms with van der Waals surface area (Å²) in [7, 11) is -4.36. The lowest BCUT2D eigenvalue weighted by Gasteiger charge is -2.18. The summed E-state index contributed by atoms with van der Waals surface area (Å²) in [5.41, 5.74) is 2.80. The van der Waals surface area contributed by atoms with Crippen molar-refractivity contribution in [1.29, 1.82) is 0 Å². The van der Waals surface area contributed by atoms with Gasteiger partial charge < -0.3 is 20.2 Å². The summed E-state index contributed by atoms with van der Waals surface area (Å²) in [5.74, 6) is -1.85. The molecule has 2 aromatic carbocycles. The smallest absolute Gasteiger partial charge is 0.339 e. The van der Waals surface area contributed by atoms with Crippen molar-refractivity contribution in [1.82, 2.24) is 10.6 Å². The van der Waals surface area contributed by atoms with Crippen LogP contribution in [0.15, 0.2) is 54.6 Å². The lowest BCUT2D eigenvalue weighted by Crippen LogP contribution is -2.47. The number of aliphatic carboxylic acids is 1. The summed E-state index contributed by atoms with van der Waals surface area (Å²) in [5, 5.41) is 13.4. The Bertz CT molecular complexity index is 820. The van der Waals surface area contributed by atoms with E-state index in [1.54, 1.807) is 0 Å². The summed E-state index contributed by atoms with van der Waals surface area (Å²) in [6.07, 6.45) is -0.527. The van der Waals surface area contributed by atoms with Gasteiger partial charge in [-0.1, -0.05) is 54.6 Å². The Hall–Kier alpha value is -2.51. The van der Waals surface area contributed by atoms with Crippen molar-refractivity contribution in [2.75, 3.05) is 12.8 Å². The molecule has 0 aromatic heterocycles. The highest BCUT2D eigenvalue weighted by Crippen LogP contribution is 2.32. The monoisotopic (exact) mass is 392 g/mol. The van der Waals surface area contributed by atoms with Crippen LogP contribution >= 0.6 is 7.60 Å². The maximum atomic E-state index is 12.2. The molecular weight excluding hydrogens is 371 g/mol. The Balaban J connectivity index is 2.09. The van der Waals surface area contributed by atoms with E-state index in [1.165, 1.54) is 0 Å².